The number of carboxylic acids is 1. The van der Waals surface area contributed by atoms with Gasteiger partial charge in [-0.25, -0.2) is 0 Å². The summed E-state index contributed by atoms with van der Waals surface area (Å²) in [6.07, 6.45) is 24.8. The number of aliphatic carboxylic acids is 1. The van der Waals surface area contributed by atoms with E-state index in [1.165, 1.54) is 77.0 Å². The van der Waals surface area contributed by atoms with E-state index in [1.807, 2.05) is 6.92 Å². The summed E-state index contributed by atoms with van der Waals surface area (Å²) in [5, 5.41) is 8.86. The third kappa shape index (κ3) is 21.4. The summed E-state index contributed by atoms with van der Waals surface area (Å²) < 4.78 is 5.30. The van der Waals surface area contributed by atoms with E-state index < -0.39 is 12.1 Å². The first-order valence-electron chi connectivity index (χ1n) is 12.7. The van der Waals surface area contributed by atoms with Gasteiger partial charge in [-0.1, -0.05) is 96.6 Å². The quantitative estimate of drug-likeness (QED) is 0.109. The molecule has 0 aromatic heterocycles. The third-order valence-electron chi connectivity index (χ3n) is 5.45. The molecule has 1 atom stereocenters. The summed E-state index contributed by atoms with van der Waals surface area (Å²) in [5.41, 5.74) is 0. The van der Waals surface area contributed by atoms with Crippen LogP contribution >= 0.6 is 0 Å². The first kappa shape index (κ1) is 28.7. The average molecular weight is 425 g/mol. The van der Waals surface area contributed by atoms with E-state index in [9.17, 15) is 9.59 Å². The second-order valence-electron chi connectivity index (χ2n) is 8.54. The molecular weight excluding hydrogens is 376 g/mol. The second-order valence-corrected chi connectivity index (χ2v) is 8.54. The Bertz CT molecular complexity index is 431. The summed E-state index contributed by atoms with van der Waals surface area (Å²) in [7, 11) is 0. The zero-order valence-corrected chi connectivity index (χ0v) is 19.8. The molecule has 176 valence electrons. The molecule has 0 bridgehead atoms. The van der Waals surface area contributed by atoms with E-state index in [2.05, 4.69) is 19.1 Å². The summed E-state index contributed by atoms with van der Waals surface area (Å²) in [6.45, 7) is 4.23. The van der Waals surface area contributed by atoms with Crippen molar-refractivity contribution in [2.45, 2.75) is 142 Å². The van der Waals surface area contributed by atoms with Crippen LogP contribution in [0, 0.1) is 0 Å². The van der Waals surface area contributed by atoms with Crippen molar-refractivity contribution in [1.82, 2.24) is 0 Å². The van der Waals surface area contributed by atoms with Crippen molar-refractivity contribution in [2.24, 2.45) is 0 Å². The maximum absolute atomic E-state index is 11.8. The van der Waals surface area contributed by atoms with E-state index in [0.29, 0.717) is 12.8 Å². The van der Waals surface area contributed by atoms with E-state index in [0.717, 1.165) is 25.7 Å². The maximum atomic E-state index is 11.8. The lowest BCUT2D eigenvalue weighted by Gasteiger charge is -2.15. The fourth-order valence-electron chi connectivity index (χ4n) is 3.66. The van der Waals surface area contributed by atoms with Gasteiger partial charge in [0.2, 0.25) is 0 Å². The number of carboxylic acid groups (broad SMARTS) is 1. The Morgan fingerprint density at radius 3 is 1.73 bits per heavy atom. The van der Waals surface area contributed by atoms with Crippen molar-refractivity contribution in [1.29, 1.82) is 0 Å². The normalized spacial score (nSPS) is 12.3. The molecule has 1 N–H and O–H groups in total. The van der Waals surface area contributed by atoms with Crippen LogP contribution in [-0.4, -0.2) is 23.1 Å². The van der Waals surface area contributed by atoms with Crippen LogP contribution in [0.3, 0.4) is 0 Å². The van der Waals surface area contributed by atoms with Crippen molar-refractivity contribution < 1.29 is 19.4 Å². The van der Waals surface area contributed by atoms with Crippen molar-refractivity contribution in [3.8, 4) is 0 Å². The molecular formula is C26H48O4. The van der Waals surface area contributed by atoms with Crippen molar-refractivity contribution in [2.75, 3.05) is 0 Å². The van der Waals surface area contributed by atoms with Gasteiger partial charge >= 0.3 is 11.9 Å². The molecule has 0 aromatic carbocycles. The van der Waals surface area contributed by atoms with Crippen LogP contribution in [0.25, 0.3) is 0 Å². The lowest BCUT2D eigenvalue weighted by atomic mass is 10.1. The molecule has 0 aliphatic carbocycles. The van der Waals surface area contributed by atoms with Gasteiger partial charge in [0.1, 0.15) is 6.10 Å². The van der Waals surface area contributed by atoms with Gasteiger partial charge in [-0.3, -0.25) is 9.59 Å². The zero-order valence-electron chi connectivity index (χ0n) is 19.8. The van der Waals surface area contributed by atoms with Gasteiger partial charge in [-0.2, -0.15) is 0 Å². The molecule has 0 radical (unpaired) electrons. The first-order valence-corrected chi connectivity index (χ1v) is 12.7. The molecule has 4 nitrogen and oxygen atoms in total. The van der Waals surface area contributed by atoms with Gasteiger partial charge in [0.05, 0.1) is 6.42 Å². The highest BCUT2D eigenvalue weighted by Gasteiger charge is 2.16. The van der Waals surface area contributed by atoms with Gasteiger partial charge in [-0.15, -0.1) is 0 Å². The lowest BCUT2D eigenvalue weighted by Crippen LogP contribution is -2.21. The minimum Gasteiger partial charge on any atom is -0.481 e. The highest BCUT2D eigenvalue weighted by Crippen LogP contribution is 2.13. The molecule has 0 aliphatic rings. The van der Waals surface area contributed by atoms with E-state index in [-0.39, 0.29) is 12.4 Å². The molecule has 0 spiro atoms. The maximum Gasteiger partial charge on any atom is 0.307 e. The van der Waals surface area contributed by atoms with Crippen LogP contribution in [0.2, 0.25) is 0 Å². The Morgan fingerprint density at radius 2 is 1.23 bits per heavy atom. The summed E-state index contributed by atoms with van der Waals surface area (Å²) in [4.78, 5) is 22.6. The van der Waals surface area contributed by atoms with Crippen LogP contribution in [0.5, 0.6) is 0 Å². The smallest absolute Gasteiger partial charge is 0.307 e. The number of carbonyl (C=O) groups is 2. The lowest BCUT2D eigenvalue weighted by molar-refractivity contribution is -0.153. The molecule has 1 unspecified atom stereocenters. The van der Waals surface area contributed by atoms with Crippen molar-refractivity contribution in [3.63, 3.8) is 0 Å². The third-order valence-corrected chi connectivity index (χ3v) is 5.45. The molecule has 0 fully saturated rings. The molecule has 0 heterocycles. The van der Waals surface area contributed by atoms with Gasteiger partial charge < -0.3 is 9.84 Å². The van der Waals surface area contributed by atoms with E-state index in [1.54, 1.807) is 0 Å². The highest BCUT2D eigenvalue weighted by molar-refractivity contribution is 5.71. The fourth-order valence-corrected chi connectivity index (χ4v) is 3.66. The summed E-state index contributed by atoms with van der Waals surface area (Å²) in [5.74, 6) is -1.16. The topological polar surface area (TPSA) is 63.6 Å². The Morgan fingerprint density at radius 1 is 0.733 bits per heavy atom. The molecule has 0 saturated carbocycles. The number of ether oxygens (including phenoxy) is 1. The molecule has 0 amide bonds. The van der Waals surface area contributed by atoms with Gasteiger partial charge in [0.15, 0.2) is 0 Å². The minimum atomic E-state index is -0.908. The van der Waals surface area contributed by atoms with Crippen molar-refractivity contribution >= 4 is 11.9 Å². The molecule has 30 heavy (non-hydrogen) atoms. The molecule has 0 aromatic rings. The fraction of sp³-hybridized carbons (Fsp3) is 0.846. The number of allylic oxidation sites excluding steroid dienone is 2. The summed E-state index contributed by atoms with van der Waals surface area (Å²) in [6, 6.07) is 0. The molecule has 0 saturated heterocycles. The molecule has 0 aliphatic heterocycles. The predicted molar refractivity (Wildman–Crippen MR) is 126 cm³/mol. The number of hydrogen-bond acceptors (Lipinski definition) is 3. The Hall–Kier alpha value is -1.32. The Labute approximate surface area is 185 Å². The zero-order chi connectivity index (χ0) is 22.3. The standard InChI is InChI=1S/C26H48O4/c1-3-5-6-7-8-9-10-11-12-13-14-15-16-17-18-19-20-22-26(29)30-24(21-4-2)23-25(27)28/h11-12,24H,3-10,13-23H2,1-2H3,(H,27,28)/b12-11-. The van der Waals surface area contributed by atoms with E-state index >= 15 is 0 Å². The highest BCUT2D eigenvalue weighted by atomic mass is 16.5. The molecule has 0 rings (SSSR count). The number of esters is 1. The van der Waals surface area contributed by atoms with Crippen LogP contribution < -0.4 is 0 Å². The van der Waals surface area contributed by atoms with Gasteiger partial charge in [0, 0.05) is 6.42 Å². The average Bonchev–Trinajstić information content (AvgIpc) is 2.70. The first-order chi connectivity index (χ1) is 14.6. The van der Waals surface area contributed by atoms with Crippen molar-refractivity contribution in [3.05, 3.63) is 12.2 Å². The SMILES string of the molecule is CCCCCCCC/C=C\CCCCCCCCCC(=O)OC(CCC)CC(=O)O. The number of unbranched alkanes of at least 4 members (excludes halogenated alkanes) is 13. The Kier molecular flexibility index (Phi) is 21.4. The number of rotatable bonds is 22. The number of carbonyl (C=O) groups excluding carboxylic acids is 1. The minimum absolute atomic E-state index is 0.0895. The van der Waals surface area contributed by atoms with Gasteiger partial charge in [0.25, 0.3) is 0 Å². The molecule has 4 heteroatoms. The van der Waals surface area contributed by atoms with Crippen LogP contribution in [0.1, 0.15) is 136 Å². The largest absolute Gasteiger partial charge is 0.481 e. The monoisotopic (exact) mass is 424 g/mol. The van der Waals surface area contributed by atoms with E-state index in [4.69, 9.17) is 9.84 Å². The van der Waals surface area contributed by atoms with Crippen LogP contribution in [0.4, 0.5) is 0 Å². The Balaban J connectivity index is 3.42. The van der Waals surface area contributed by atoms with Crippen LogP contribution in [-0.2, 0) is 14.3 Å². The number of hydrogen-bond donors (Lipinski definition) is 1. The van der Waals surface area contributed by atoms with Gasteiger partial charge in [-0.05, 0) is 38.5 Å². The summed E-state index contributed by atoms with van der Waals surface area (Å²) >= 11 is 0. The predicted octanol–water partition coefficient (Wildman–Crippen LogP) is 7.99. The van der Waals surface area contributed by atoms with Crippen LogP contribution in [0.15, 0.2) is 12.2 Å². The second kappa shape index (κ2) is 22.4.